The van der Waals surface area contributed by atoms with Gasteiger partial charge in [0.05, 0.1) is 26.2 Å². The lowest BCUT2D eigenvalue weighted by Gasteiger charge is -2.22. The molecule has 0 amide bonds. The van der Waals surface area contributed by atoms with Crippen molar-refractivity contribution in [3.8, 4) is 5.75 Å². The quantitative estimate of drug-likeness (QED) is 0.471. The molecule has 0 aromatic heterocycles. The molecule has 164 valence electrons. The van der Waals surface area contributed by atoms with Gasteiger partial charge in [-0.15, -0.1) is 0 Å². The van der Waals surface area contributed by atoms with E-state index in [4.69, 9.17) is 34.8 Å². The summed E-state index contributed by atoms with van der Waals surface area (Å²) in [4.78, 5) is 36.3. The van der Waals surface area contributed by atoms with Crippen molar-refractivity contribution in [1.82, 2.24) is 0 Å². The van der Waals surface area contributed by atoms with Crippen molar-refractivity contribution in [2.24, 2.45) is 0 Å². The number of phenols is 1. The van der Waals surface area contributed by atoms with Gasteiger partial charge in [0.15, 0.2) is 5.78 Å². The molecule has 1 aliphatic rings. The van der Waals surface area contributed by atoms with Crippen LogP contribution in [0.5, 0.6) is 5.75 Å². The zero-order chi connectivity index (χ0) is 23.9. The summed E-state index contributed by atoms with van der Waals surface area (Å²) in [5.41, 5.74) is 0.0558. The standard InChI is InChI=1S/C23H15Cl3O6/c1-9-5-11(13(22(29)30)7-17(9)27)19(20-15(24)3-4-16(25)21(20)26)12-6-10(2)18(28)8-14(12)23(31)32/h3-8,27H,1-2H3,(H,29,30)(H,31,32)/b19-12+. The molecule has 2 aromatic rings. The van der Waals surface area contributed by atoms with E-state index in [0.29, 0.717) is 5.56 Å². The van der Waals surface area contributed by atoms with Crippen molar-refractivity contribution >= 4 is 58.1 Å². The van der Waals surface area contributed by atoms with Gasteiger partial charge in [-0.2, -0.15) is 0 Å². The molecular formula is C23H15Cl3O6. The summed E-state index contributed by atoms with van der Waals surface area (Å²) in [6.45, 7) is 3.05. The van der Waals surface area contributed by atoms with Crippen LogP contribution in [0.1, 0.15) is 34.0 Å². The summed E-state index contributed by atoms with van der Waals surface area (Å²) in [5, 5.41) is 29.8. The maximum absolute atomic E-state index is 12.2. The summed E-state index contributed by atoms with van der Waals surface area (Å²) in [6.07, 6.45) is 2.29. The minimum Gasteiger partial charge on any atom is -0.508 e. The molecule has 32 heavy (non-hydrogen) atoms. The van der Waals surface area contributed by atoms with Gasteiger partial charge < -0.3 is 15.3 Å². The van der Waals surface area contributed by atoms with Crippen LogP contribution in [0.4, 0.5) is 0 Å². The molecule has 0 saturated heterocycles. The number of aliphatic carboxylic acids is 1. The number of phenolic OH excluding ortho intramolecular Hbond substituents is 1. The highest BCUT2D eigenvalue weighted by molar-refractivity contribution is 6.45. The van der Waals surface area contributed by atoms with E-state index >= 15 is 0 Å². The van der Waals surface area contributed by atoms with Crippen LogP contribution in [0.2, 0.25) is 15.1 Å². The number of hydrogen-bond acceptors (Lipinski definition) is 4. The summed E-state index contributed by atoms with van der Waals surface area (Å²) >= 11 is 19.1. The Balaban J connectivity index is 2.62. The van der Waals surface area contributed by atoms with Crippen LogP contribution in [-0.2, 0) is 9.59 Å². The second-order valence-corrected chi connectivity index (χ2v) is 8.24. The zero-order valence-corrected chi connectivity index (χ0v) is 18.9. The first-order valence-electron chi connectivity index (χ1n) is 9.07. The van der Waals surface area contributed by atoms with E-state index in [9.17, 15) is 29.7 Å². The van der Waals surface area contributed by atoms with E-state index in [0.717, 1.165) is 12.1 Å². The number of benzene rings is 2. The van der Waals surface area contributed by atoms with Crippen molar-refractivity contribution in [3.63, 3.8) is 0 Å². The van der Waals surface area contributed by atoms with Crippen molar-refractivity contribution in [2.45, 2.75) is 13.8 Å². The Morgan fingerprint density at radius 2 is 1.50 bits per heavy atom. The van der Waals surface area contributed by atoms with Gasteiger partial charge in [-0.25, -0.2) is 9.59 Å². The molecule has 0 bridgehead atoms. The van der Waals surface area contributed by atoms with Crippen LogP contribution in [0, 0.1) is 6.92 Å². The molecule has 0 unspecified atom stereocenters. The fourth-order valence-corrected chi connectivity index (χ4v) is 4.04. The van der Waals surface area contributed by atoms with Crippen LogP contribution in [0.25, 0.3) is 5.57 Å². The van der Waals surface area contributed by atoms with Crippen molar-refractivity contribution < 1.29 is 29.7 Å². The molecule has 0 saturated carbocycles. The number of rotatable bonds is 4. The van der Waals surface area contributed by atoms with Gasteiger partial charge in [-0.1, -0.05) is 34.8 Å². The SMILES string of the molecule is CC1=C/C(=C(/c2cc(C)c(O)cc2C(=O)O)c2c(Cl)ccc(Cl)c2Cl)C(C(=O)O)=CC1=O. The Kier molecular flexibility index (Phi) is 6.51. The van der Waals surface area contributed by atoms with E-state index in [1.807, 2.05) is 0 Å². The second kappa shape index (κ2) is 8.82. The number of aromatic carboxylic acids is 1. The monoisotopic (exact) mass is 492 g/mol. The van der Waals surface area contributed by atoms with Crippen molar-refractivity contribution in [2.75, 3.05) is 0 Å². The number of carbonyl (C=O) groups is 3. The highest BCUT2D eigenvalue weighted by atomic mass is 35.5. The number of allylic oxidation sites excluding steroid dienone is 3. The van der Waals surface area contributed by atoms with E-state index < -0.39 is 17.7 Å². The highest BCUT2D eigenvalue weighted by Crippen LogP contribution is 2.44. The van der Waals surface area contributed by atoms with Crippen LogP contribution in [-0.4, -0.2) is 33.0 Å². The maximum Gasteiger partial charge on any atom is 0.336 e. The minimum atomic E-state index is -1.41. The normalized spacial score (nSPS) is 15.2. The maximum atomic E-state index is 12.2. The number of aromatic hydroxyl groups is 1. The van der Waals surface area contributed by atoms with Crippen molar-refractivity contribution in [1.29, 1.82) is 0 Å². The first kappa shape index (κ1) is 23.6. The van der Waals surface area contributed by atoms with Gasteiger partial charge in [0.2, 0.25) is 0 Å². The average Bonchev–Trinajstić information content (AvgIpc) is 2.71. The van der Waals surface area contributed by atoms with Crippen LogP contribution < -0.4 is 0 Å². The molecule has 6 nitrogen and oxygen atoms in total. The summed E-state index contributed by atoms with van der Waals surface area (Å²) in [7, 11) is 0. The lowest BCUT2D eigenvalue weighted by atomic mass is 9.83. The molecule has 0 radical (unpaired) electrons. The summed E-state index contributed by atoms with van der Waals surface area (Å²) in [6, 6.07) is 5.31. The first-order valence-corrected chi connectivity index (χ1v) is 10.2. The Morgan fingerprint density at radius 3 is 2.09 bits per heavy atom. The molecular weight excluding hydrogens is 479 g/mol. The predicted molar refractivity (Wildman–Crippen MR) is 122 cm³/mol. The lowest BCUT2D eigenvalue weighted by Crippen LogP contribution is -2.15. The van der Waals surface area contributed by atoms with Crippen LogP contribution in [0.3, 0.4) is 0 Å². The molecule has 9 heteroatoms. The topological polar surface area (TPSA) is 112 Å². The number of carbonyl (C=O) groups excluding carboxylic acids is 1. The first-order chi connectivity index (χ1) is 14.9. The van der Waals surface area contributed by atoms with Crippen LogP contribution in [0.15, 0.2) is 53.1 Å². The summed E-state index contributed by atoms with van der Waals surface area (Å²) < 4.78 is 0. The third-order valence-corrected chi connectivity index (χ3v) is 6.06. The second-order valence-electron chi connectivity index (χ2n) is 7.05. The lowest BCUT2D eigenvalue weighted by molar-refractivity contribution is -0.132. The predicted octanol–water partition coefficient (Wildman–Crippen LogP) is 5.70. The van der Waals surface area contributed by atoms with Gasteiger partial charge in [-0.3, -0.25) is 4.79 Å². The molecule has 3 N–H and O–H groups in total. The fourth-order valence-electron chi connectivity index (χ4n) is 3.32. The number of carboxylic acids is 2. The molecule has 3 rings (SSSR count). The number of carboxylic acid groups (broad SMARTS) is 2. The van der Waals surface area contributed by atoms with Crippen molar-refractivity contribution in [3.05, 3.63) is 90.5 Å². The van der Waals surface area contributed by atoms with E-state index in [1.54, 1.807) is 6.92 Å². The zero-order valence-electron chi connectivity index (χ0n) is 16.7. The smallest absolute Gasteiger partial charge is 0.336 e. The van der Waals surface area contributed by atoms with Gasteiger partial charge in [0.1, 0.15) is 5.75 Å². The molecule has 1 aliphatic carbocycles. The number of hydrogen-bond donors (Lipinski definition) is 3. The van der Waals surface area contributed by atoms with E-state index in [2.05, 4.69) is 0 Å². The molecule has 0 aliphatic heterocycles. The number of aryl methyl sites for hydroxylation is 1. The van der Waals surface area contributed by atoms with Gasteiger partial charge in [-0.05, 0) is 66.5 Å². The third-order valence-electron chi connectivity index (χ3n) is 4.94. The Labute approximate surface area is 197 Å². The van der Waals surface area contributed by atoms with Gasteiger partial charge >= 0.3 is 11.9 Å². The Morgan fingerprint density at radius 1 is 0.875 bits per heavy atom. The van der Waals surface area contributed by atoms with Gasteiger partial charge in [0, 0.05) is 17.2 Å². The van der Waals surface area contributed by atoms with E-state index in [-0.39, 0.29) is 59.8 Å². The minimum absolute atomic E-state index is 0.0215. The Bertz CT molecular complexity index is 1300. The number of ketones is 1. The molecule has 0 fully saturated rings. The van der Waals surface area contributed by atoms with E-state index in [1.165, 1.54) is 31.2 Å². The number of halogens is 3. The highest BCUT2D eigenvalue weighted by Gasteiger charge is 2.29. The Hall–Kier alpha value is -3.06. The summed E-state index contributed by atoms with van der Waals surface area (Å²) in [5.74, 6) is -3.56. The molecule has 0 spiro atoms. The molecule has 2 aromatic carbocycles. The third kappa shape index (κ3) is 4.17. The van der Waals surface area contributed by atoms with Gasteiger partial charge in [0.25, 0.3) is 0 Å². The molecule has 0 atom stereocenters. The van der Waals surface area contributed by atoms with Crippen LogP contribution >= 0.6 is 34.8 Å². The fraction of sp³-hybridized carbons (Fsp3) is 0.0870. The average molecular weight is 494 g/mol. The largest absolute Gasteiger partial charge is 0.508 e. The molecule has 0 heterocycles.